The van der Waals surface area contributed by atoms with E-state index >= 15 is 0 Å². The second-order valence-electron chi connectivity index (χ2n) is 6.55. The lowest BCUT2D eigenvalue weighted by Crippen LogP contribution is -2.45. The van der Waals surface area contributed by atoms with Gasteiger partial charge in [0.15, 0.2) is 5.82 Å². The maximum Gasteiger partial charge on any atom is 0.317 e. The zero-order valence-electron chi connectivity index (χ0n) is 14.5. The molecule has 2 N–H and O–H groups in total. The van der Waals surface area contributed by atoms with Gasteiger partial charge in [-0.25, -0.2) is 4.79 Å². The molecule has 0 bridgehead atoms. The van der Waals surface area contributed by atoms with Crippen molar-refractivity contribution < 1.29 is 14.4 Å². The molecule has 24 heavy (non-hydrogen) atoms. The summed E-state index contributed by atoms with van der Waals surface area (Å²) in [6, 6.07) is 9.12. The summed E-state index contributed by atoms with van der Waals surface area (Å²) in [4.78, 5) is 17.9. The number of amides is 2. The van der Waals surface area contributed by atoms with E-state index < -0.39 is 11.6 Å². The standard InChI is InChI=1S/C17H24N4O3/c1-12(18-16(22)21(4)11-17(2,3)23)15-19-14(20-24-15)10-13-8-6-5-7-9-13/h5-9,12,23H,10-11H2,1-4H3,(H,18,22). The van der Waals surface area contributed by atoms with Gasteiger partial charge in [-0.05, 0) is 26.3 Å². The summed E-state index contributed by atoms with van der Waals surface area (Å²) in [5, 5.41) is 16.5. The number of hydrogen-bond donors (Lipinski definition) is 2. The minimum absolute atomic E-state index is 0.217. The van der Waals surface area contributed by atoms with Gasteiger partial charge in [-0.3, -0.25) is 0 Å². The molecule has 0 spiro atoms. The van der Waals surface area contributed by atoms with Crippen LogP contribution in [-0.2, 0) is 6.42 Å². The summed E-state index contributed by atoms with van der Waals surface area (Å²) in [5.74, 6) is 0.924. The number of carbonyl (C=O) groups is 1. The predicted octanol–water partition coefficient (Wildman–Crippen LogP) is 2.13. The van der Waals surface area contributed by atoms with E-state index in [-0.39, 0.29) is 12.6 Å². The van der Waals surface area contributed by atoms with E-state index in [0.29, 0.717) is 18.1 Å². The molecule has 1 unspecified atom stereocenters. The molecule has 0 saturated heterocycles. The van der Waals surface area contributed by atoms with E-state index in [4.69, 9.17) is 4.52 Å². The fourth-order valence-corrected chi connectivity index (χ4v) is 2.30. The molecule has 130 valence electrons. The number of urea groups is 1. The second-order valence-corrected chi connectivity index (χ2v) is 6.55. The van der Waals surface area contributed by atoms with Gasteiger partial charge in [-0.1, -0.05) is 35.5 Å². The topological polar surface area (TPSA) is 91.5 Å². The smallest absolute Gasteiger partial charge is 0.317 e. The molecule has 1 aromatic carbocycles. The number of rotatable bonds is 6. The highest BCUT2D eigenvalue weighted by Gasteiger charge is 2.22. The summed E-state index contributed by atoms with van der Waals surface area (Å²) in [6.45, 7) is 5.28. The molecule has 1 aromatic heterocycles. The minimum atomic E-state index is -0.956. The highest BCUT2D eigenvalue weighted by atomic mass is 16.5. The third kappa shape index (κ3) is 5.34. The third-order valence-corrected chi connectivity index (χ3v) is 3.37. The SMILES string of the molecule is CC(NC(=O)N(C)CC(C)(C)O)c1nc(Cc2ccccc2)no1. The number of aliphatic hydroxyl groups is 1. The monoisotopic (exact) mass is 332 g/mol. The fourth-order valence-electron chi connectivity index (χ4n) is 2.30. The maximum absolute atomic E-state index is 12.1. The molecule has 1 atom stereocenters. The Hall–Kier alpha value is -2.41. The molecule has 2 rings (SSSR count). The Morgan fingerprint density at radius 3 is 2.67 bits per heavy atom. The minimum Gasteiger partial charge on any atom is -0.389 e. The van der Waals surface area contributed by atoms with Crippen LogP contribution in [0.15, 0.2) is 34.9 Å². The van der Waals surface area contributed by atoms with Crippen LogP contribution < -0.4 is 5.32 Å². The van der Waals surface area contributed by atoms with Gasteiger partial charge in [0, 0.05) is 13.5 Å². The van der Waals surface area contributed by atoms with Gasteiger partial charge in [0.05, 0.1) is 12.1 Å². The molecule has 0 aliphatic rings. The largest absolute Gasteiger partial charge is 0.389 e. The van der Waals surface area contributed by atoms with Gasteiger partial charge in [-0.2, -0.15) is 4.98 Å². The Morgan fingerprint density at radius 1 is 1.38 bits per heavy atom. The molecular formula is C17H24N4O3. The molecule has 0 saturated carbocycles. The van der Waals surface area contributed by atoms with Crippen LogP contribution in [0.1, 0.15) is 44.1 Å². The quantitative estimate of drug-likeness (QED) is 0.845. The van der Waals surface area contributed by atoms with E-state index in [1.54, 1.807) is 27.8 Å². The van der Waals surface area contributed by atoms with Crippen molar-refractivity contribution in [3.8, 4) is 0 Å². The Kier molecular flexibility index (Phi) is 5.56. The molecule has 7 heteroatoms. The number of likely N-dealkylation sites (N-methyl/N-ethyl adjacent to an activating group) is 1. The third-order valence-electron chi connectivity index (χ3n) is 3.37. The van der Waals surface area contributed by atoms with Crippen molar-refractivity contribution >= 4 is 6.03 Å². The highest BCUT2D eigenvalue weighted by molar-refractivity contribution is 5.74. The first-order valence-electron chi connectivity index (χ1n) is 7.85. The van der Waals surface area contributed by atoms with Crippen molar-refractivity contribution in [2.75, 3.05) is 13.6 Å². The van der Waals surface area contributed by atoms with Gasteiger partial charge in [0.25, 0.3) is 0 Å². The molecule has 0 aliphatic carbocycles. The van der Waals surface area contributed by atoms with Crippen LogP contribution in [0, 0.1) is 0 Å². The summed E-state index contributed by atoms with van der Waals surface area (Å²) in [6.07, 6.45) is 0.573. The van der Waals surface area contributed by atoms with Crippen LogP contribution in [0.25, 0.3) is 0 Å². The molecular weight excluding hydrogens is 308 g/mol. The molecule has 2 amide bonds. The van der Waals surface area contributed by atoms with Gasteiger partial charge >= 0.3 is 6.03 Å². The van der Waals surface area contributed by atoms with Crippen LogP contribution >= 0.6 is 0 Å². The van der Waals surface area contributed by atoms with Crippen molar-refractivity contribution in [2.24, 2.45) is 0 Å². The first-order chi connectivity index (χ1) is 11.2. The molecule has 0 radical (unpaired) electrons. The van der Waals surface area contributed by atoms with Crippen molar-refractivity contribution in [3.63, 3.8) is 0 Å². The van der Waals surface area contributed by atoms with Gasteiger partial charge < -0.3 is 19.8 Å². The molecule has 7 nitrogen and oxygen atoms in total. The normalized spacial score (nSPS) is 12.7. The van der Waals surface area contributed by atoms with Crippen molar-refractivity contribution in [1.29, 1.82) is 0 Å². The molecule has 2 aromatic rings. The first-order valence-corrected chi connectivity index (χ1v) is 7.85. The van der Waals surface area contributed by atoms with Crippen molar-refractivity contribution in [1.82, 2.24) is 20.4 Å². The lowest BCUT2D eigenvalue weighted by Gasteiger charge is -2.26. The zero-order valence-corrected chi connectivity index (χ0v) is 14.5. The summed E-state index contributed by atoms with van der Waals surface area (Å²) in [7, 11) is 1.62. The van der Waals surface area contributed by atoms with Gasteiger partial charge in [-0.15, -0.1) is 0 Å². The molecule has 0 fully saturated rings. The van der Waals surface area contributed by atoms with E-state index in [2.05, 4.69) is 15.5 Å². The second kappa shape index (κ2) is 7.44. The summed E-state index contributed by atoms with van der Waals surface area (Å²) >= 11 is 0. The summed E-state index contributed by atoms with van der Waals surface area (Å²) < 4.78 is 5.24. The summed E-state index contributed by atoms with van der Waals surface area (Å²) in [5.41, 5.74) is 0.134. The van der Waals surface area contributed by atoms with Crippen LogP contribution in [0.5, 0.6) is 0 Å². The number of benzene rings is 1. The highest BCUT2D eigenvalue weighted by Crippen LogP contribution is 2.13. The van der Waals surface area contributed by atoms with Crippen molar-refractivity contribution in [2.45, 2.75) is 38.8 Å². The zero-order chi connectivity index (χ0) is 17.7. The van der Waals surface area contributed by atoms with Crippen LogP contribution in [-0.4, -0.2) is 45.4 Å². The average Bonchev–Trinajstić information content (AvgIpc) is 2.95. The van der Waals surface area contributed by atoms with Gasteiger partial charge in [0.1, 0.15) is 6.04 Å². The first kappa shape index (κ1) is 17.9. The molecule has 0 aliphatic heterocycles. The maximum atomic E-state index is 12.1. The predicted molar refractivity (Wildman–Crippen MR) is 89.4 cm³/mol. The van der Waals surface area contributed by atoms with Crippen molar-refractivity contribution in [3.05, 3.63) is 47.6 Å². The number of aromatic nitrogens is 2. The van der Waals surface area contributed by atoms with E-state index in [1.807, 2.05) is 30.3 Å². The van der Waals surface area contributed by atoms with E-state index in [0.717, 1.165) is 5.56 Å². The Morgan fingerprint density at radius 2 is 2.04 bits per heavy atom. The number of carbonyl (C=O) groups excluding carboxylic acids is 1. The average molecular weight is 332 g/mol. The van der Waals surface area contributed by atoms with E-state index in [9.17, 15) is 9.90 Å². The lowest BCUT2D eigenvalue weighted by atomic mass is 10.1. The number of hydrogen-bond acceptors (Lipinski definition) is 5. The Balaban J connectivity index is 1.93. The Bertz CT molecular complexity index is 664. The van der Waals surface area contributed by atoms with Crippen LogP contribution in [0.3, 0.4) is 0 Å². The number of nitrogens with zero attached hydrogens (tertiary/aromatic N) is 3. The van der Waals surface area contributed by atoms with Gasteiger partial charge in [0.2, 0.25) is 5.89 Å². The van der Waals surface area contributed by atoms with Crippen LogP contribution in [0.4, 0.5) is 4.79 Å². The number of nitrogens with one attached hydrogen (secondary N) is 1. The van der Waals surface area contributed by atoms with Crippen LogP contribution in [0.2, 0.25) is 0 Å². The molecule has 1 heterocycles. The van der Waals surface area contributed by atoms with E-state index in [1.165, 1.54) is 4.90 Å². The lowest BCUT2D eigenvalue weighted by molar-refractivity contribution is 0.0527. The fraction of sp³-hybridized carbons (Fsp3) is 0.471. The Labute approximate surface area is 141 Å².